The average Bonchev–Trinajstić information content (AvgIpc) is 2.93. The lowest BCUT2D eigenvalue weighted by atomic mass is 9.97. The maximum atomic E-state index is 12.7. The number of hydrogen-bond acceptors (Lipinski definition) is 8. The molecule has 3 aromatic rings. The largest absolute Gasteiger partial charge is 0.423 e. The maximum absolute atomic E-state index is 12.7. The zero-order valence-corrected chi connectivity index (χ0v) is 23.9. The van der Waals surface area contributed by atoms with Crippen molar-refractivity contribution in [2.75, 3.05) is 0 Å². The van der Waals surface area contributed by atoms with E-state index in [1.807, 2.05) is 0 Å². The first-order chi connectivity index (χ1) is 19.8. The molecule has 0 aliphatic rings. The van der Waals surface area contributed by atoms with Crippen molar-refractivity contribution in [2.45, 2.75) is 27.7 Å². The van der Waals surface area contributed by atoms with Crippen molar-refractivity contribution in [3.8, 4) is 45.3 Å². The summed E-state index contributed by atoms with van der Waals surface area (Å²) in [6.45, 7) is 20.5. The van der Waals surface area contributed by atoms with Gasteiger partial charge in [-0.1, -0.05) is 50.6 Å². The van der Waals surface area contributed by atoms with E-state index in [-0.39, 0.29) is 45.1 Å². The highest BCUT2D eigenvalue weighted by atomic mass is 16.6. The molecule has 8 nitrogen and oxygen atoms in total. The molecule has 0 saturated carbocycles. The van der Waals surface area contributed by atoms with Crippen molar-refractivity contribution in [1.82, 2.24) is 0 Å². The van der Waals surface area contributed by atoms with Crippen molar-refractivity contribution in [2.24, 2.45) is 0 Å². The molecule has 0 amide bonds. The average molecular weight is 567 g/mol. The van der Waals surface area contributed by atoms with Crippen LogP contribution in [0.3, 0.4) is 0 Å². The van der Waals surface area contributed by atoms with Crippen LogP contribution in [0.5, 0.6) is 23.0 Å². The molecule has 214 valence electrons. The number of esters is 4. The van der Waals surface area contributed by atoms with Crippen molar-refractivity contribution < 1.29 is 38.1 Å². The Morgan fingerprint density at radius 3 is 1.10 bits per heavy atom. The summed E-state index contributed by atoms with van der Waals surface area (Å²) in [5.41, 5.74) is 2.73. The Morgan fingerprint density at radius 1 is 0.452 bits per heavy atom. The second-order valence-corrected chi connectivity index (χ2v) is 9.58. The number of carbonyl (C=O) groups excluding carboxylic acids is 4. The first-order valence-electron chi connectivity index (χ1n) is 12.7. The number of rotatable bonds is 10. The van der Waals surface area contributed by atoms with Gasteiger partial charge in [0.2, 0.25) is 0 Å². The van der Waals surface area contributed by atoms with Crippen LogP contribution in [0.4, 0.5) is 0 Å². The molecule has 8 heteroatoms. The van der Waals surface area contributed by atoms with Crippen molar-refractivity contribution >= 4 is 23.9 Å². The quantitative estimate of drug-likeness (QED) is 0.148. The van der Waals surface area contributed by atoms with Gasteiger partial charge in [-0.05, 0) is 80.8 Å². The Balaban J connectivity index is 2.18. The van der Waals surface area contributed by atoms with Gasteiger partial charge in [0, 0.05) is 22.3 Å². The zero-order valence-electron chi connectivity index (χ0n) is 23.9. The second kappa shape index (κ2) is 13.2. The van der Waals surface area contributed by atoms with E-state index in [0.717, 1.165) is 0 Å². The molecule has 0 N–H and O–H groups in total. The van der Waals surface area contributed by atoms with Gasteiger partial charge in [-0.25, -0.2) is 19.2 Å². The van der Waals surface area contributed by atoms with Crippen molar-refractivity contribution in [3.05, 3.63) is 109 Å². The first kappa shape index (κ1) is 31.0. The van der Waals surface area contributed by atoms with Crippen LogP contribution in [0, 0.1) is 0 Å². The minimum atomic E-state index is -0.695. The number of benzene rings is 3. The van der Waals surface area contributed by atoms with E-state index in [1.54, 1.807) is 67.6 Å². The highest BCUT2D eigenvalue weighted by Crippen LogP contribution is 2.43. The standard InChI is InChI=1S/C34H30O8/c1-19(2)31(35)39-26-13-9-23(10-14-26)25-17-28(41-33(37)21(5)6)30(29(18-25)42-34(38)22(7)8)24-11-15-27(16-12-24)40-32(36)20(3)4/h9-18H,1,3,5,7H2,2,4,6,8H3. The lowest BCUT2D eigenvalue weighted by molar-refractivity contribution is -0.131. The molecule has 0 radical (unpaired) electrons. The Bertz CT molecular complexity index is 1570. The van der Waals surface area contributed by atoms with Crippen molar-refractivity contribution in [1.29, 1.82) is 0 Å². The summed E-state index contributed by atoms with van der Waals surface area (Å²) in [5.74, 6) is -1.81. The minimum absolute atomic E-state index is 0.0782. The minimum Gasteiger partial charge on any atom is -0.423 e. The topological polar surface area (TPSA) is 105 Å². The molecule has 0 saturated heterocycles. The normalized spacial score (nSPS) is 10.2. The first-order valence-corrected chi connectivity index (χ1v) is 12.7. The van der Waals surface area contributed by atoms with E-state index in [1.165, 1.54) is 20.8 Å². The van der Waals surface area contributed by atoms with Crippen LogP contribution < -0.4 is 18.9 Å². The Labute approximate surface area is 244 Å². The third-order valence-corrected chi connectivity index (χ3v) is 5.62. The monoisotopic (exact) mass is 566 g/mol. The molecule has 3 rings (SSSR count). The Kier molecular flexibility index (Phi) is 9.78. The van der Waals surface area contributed by atoms with E-state index >= 15 is 0 Å². The fourth-order valence-corrected chi connectivity index (χ4v) is 3.37. The summed E-state index contributed by atoms with van der Waals surface area (Å²) in [7, 11) is 0. The molecule has 0 aliphatic heterocycles. The van der Waals surface area contributed by atoms with Gasteiger partial charge in [-0.15, -0.1) is 0 Å². The summed E-state index contributed by atoms with van der Waals surface area (Å²) in [4.78, 5) is 49.1. The molecule has 0 spiro atoms. The van der Waals surface area contributed by atoms with Gasteiger partial charge in [0.25, 0.3) is 0 Å². The Morgan fingerprint density at radius 2 is 0.762 bits per heavy atom. The molecule has 0 heterocycles. The van der Waals surface area contributed by atoms with Crippen LogP contribution >= 0.6 is 0 Å². The molecule has 0 fully saturated rings. The smallest absolute Gasteiger partial charge is 0.338 e. The van der Waals surface area contributed by atoms with Crippen LogP contribution in [0.25, 0.3) is 22.3 Å². The highest BCUT2D eigenvalue weighted by molar-refractivity contribution is 5.95. The van der Waals surface area contributed by atoms with Gasteiger partial charge < -0.3 is 18.9 Å². The van der Waals surface area contributed by atoms with E-state index < -0.39 is 23.9 Å². The second-order valence-electron chi connectivity index (χ2n) is 9.58. The highest BCUT2D eigenvalue weighted by Gasteiger charge is 2.22. The predicted molar refractivity (Wildman–Crippen MR) is 159 cm³/mol. The molecule has 0 aromatic heterocycles. The molecule has 0 atom stereocenters. The summed E-state index contributed by atoms with van der Waals surface area (Å²) < 4.78 is 22.0. The lowest BCUT2D eigenvalue weighted by Gasteiger charge is -2.18. The molecular formula is C34H30O8. The van der Waals surface area contributed by atoms with Crippen LogP contribution in [0.15, 0.2) is 109 Å². The van der Waals surface area contributed by atoms with E-state index in [2.05, 4.69) is 26.3 Å². The van der Waals surface area contributed by atoms with Gasteiger partial charge in [-0.3, -0.25) is 0 Å². The number of carbonyl (C=O) groups is 4. The molecule has 0 bridgehead atoms. The van der Waals surface area contributed by atoms with Crippen LogP contribution in [0.1, 0.15) is 27.7 Å². The molecular weight excluding hydrogens is 536 g/mol. The summed E-state index contributed by atoms with van der Waals surface area (Å²) in [6, 6.07) is 16.1. The predicted octanol–water partition coefficient (Wildman–Crippen LogP) is 6.95. The van der Waals surface area contributed by atoms with E-state index in [0.29, 0.717) is 22.4 Å². The maximum Gasteiger partial charge on any atom is 0.338 e. The number of ether oxygens (including phenoxy) is 4. The van der Waals surface area contributed by atoms with Gasteiger partial charge in [0.1, 0.15) is 23.0 Å². The zero-order chi connectivity index (χ0) is 31.1. The molecule has 0 unspecified atom stereocenters. The fraction of sp³-hybridized carbons (Fsp3) is 0.118. The van der Waals surface area contributed by atoms with Gasteiger partial charge in [0.05, 0.1) is 5.56 Å². The van der Waals surface area contributed by atoms with Gasteiger partial charge in [0.15, 0.2) is 0 Å². The van der Waals surface area contributed by atoms with Crippen LogP contribution in [0.2, 0.25) is 0 Å². The summed E-state index contributed by atoms with van der Waals surface area (Å²) in [5, 5.41) is 0. The fourth-order valence-electron chi connectivity index (χ4n) is 3.37. The third-order valence-electron chi connectivity index (χ3n) is 5.62. The van der Waals surface area contributed by atoms with Crippen LogP contribution in [-0.4, -0.2) is 23.9 Å². The summed E-state index contributed by atoms with van der Waals surface area (Å²) in [6.07, 6.45) is 0. The van der Waals surface area contributed by atoms with Gasteiger partial charge in [-0.2, -0.15) is 0 Å². The molecule has 42 heavy (non-hydrogen) atoms. The van der Waals surface area contributed by atoms with Crippen molar-refractivity contribution in [3.63, 3.8) is 0 Å². The molecule has 3 aromatic carbocycles. The van der Waals surface area contributed by atoms with Gasteiger partial charge >= 0.3 is 23.9 Å². The summed E-state index contributed by atoms with van der Waals surface area (Å²) >= 11 is 0. The molecule has 0 aliphatic carbocycles. The Hall–Kier alpha value is -5.50. The van der Waals surface area contributed by atoms with E-state index in [4.69, 9.17) is 18.9 Å². The number of hydrogen-bond donors (Lipinski definition) is 0. The lowest BCUT2D eigenvalue weighted by Crippen LogP contribution is -2.12. The van der Waals surface area contributed by atoms with E-state index in [9.17, 15) is 19.2 Å². The van der Waals surface area contributed by atoms with Crippen LogP contribution in [-0.2, 0) is 19.2 Å². The SMILES string of the molecule is C=C(C)C(=O)Oc1ccc(-c2cc(OC(=O)C(=C)C)c(-c3ccc(OC(=O)C(=C)C)cc3)c(OC(=O)C(=C)C)c2)cc1. The third kappa shape index (κ3) is 7.79.